The van der Waals surface area contributed by atoms with Gasteiger partial charge in [-0.1, -0.05) is 31.2 Å². The maximum absolute atomic E-state index is 12.0. The highest BCUT2D eigenvalue weighted by molar-refractivity contribution is 5.92. The third-order valence-corrected chi connectivity index (χ3v) is 2.60. The van der Waals surface area contributed by atoms with Gasteiger partial charge in [-0.2, -0.15) is 0 Å². The van der Waals surface area contributed by atoms with Gasteiger partial charge in [0.2, 0.25) is 0 Å². The summed E-state index contributed by atoms with van der Waals surface area (Å²) in [6.07, 6.45) is 2.28. The standard InChI is InChI=1S/C14H18N2O3/c1-3-9-16(10-13(17)18)14(19)15-12-8-6-5-7-11(12)4-2/h3,5-8H,1,4,9-10H2,2H3,(H,15,19)(H,17,18). The smallest absolute Gasteiger partial charge is 0.323 e. The zero-order valence-electron chi connectivity index (χ0n) is 10.9. The van der Waals surface area contributed by atoms with Gasteiger partial charge in [0.15, 0.2) is 0 Å². The highest BCUT2D eigenvalue weighted by atomic mass is 16.4. The average Bonchev–Trinajstić information content (AvgIpc) is 2.38. The Kier molecular flexibility index (Phi) is 5.60. The minimum Gasteiger partial charge on any atom is -0.480 e. The van der Waals surface area contributed by atoms with Gasteiger partial charge in [-0.25, -0.2) is 4.79 Å². The van der Waals surface area contributed by atoms with Crippen LogP contribution in [0.4, 0.5) is 10.5 Å². The van der Waals surface area contributed by atoms with Crippen LogP contribution in [0.5, 0.6) is 0 Å². The zero-order chi connectivity index (χ0) is 14.3. The first-order valence-electron chi connectivity index (χ1n) is 6.05. The Bertz CT molecular complexity index is 472. The molecule has 1 rings (SSSR count). The summed E-state index contributed by atoms with van der Waals surface area (Å²) >= 11 is 0. The van der Waals surface area contributed by atoms with Crippen LogP contribution in [0.2, 0.25) is 0 Å². The van der Waals surface area contributed by atoms with Crippen molar-refractivity contribution in [2.24, 2.45) is 0 Å². The van der Waals surface area contributed by atoms with Crippen LogP contribution in [0.3, 0.4) is 0 Å². The lowest BCUT2D eigenvalue weighted by Gasteiger charge is -2.20. The van der Waals surface area contributed by atoms with Crippen LogP contribution in [-0.4, -0.2) is 35.1 Å². The Labute approximate surface area is 112 Å². The second kappa shape index (κ2) is 7.20. The SMILES string of the molecule is C=CCN(CC(=O)O)C(=O)Nc1ccccc1CC. The quantitative estimate of drug-likeness (QED) is 0.773. The van der Waals surface area contributed by atoms with E-state index in [0.29, 0.717) is 5.69 Å². The molecule has 0 saturated carbocycles. The molecule has 1 aromatic carbocycles. The summed E-state index contributed by atoms with van der Waals surface area (Å²) in [7, 11) is 0. The van der Waals surface area contributed by atoms with Crippen molar-refractivity contribution in [1.29, 1.82) is 0 Å². The molecule has 0 unspecified atom stereocenters. The number of carbonyl (C=O) groups excluding carboxylic acids is 1. The van der Waals surface area contributed by atoms with Crippen molar-refractivity contribution < 1.29 is 14.7 Å². The topological polar surface area (TPSA) is 69.6 Å². The van der Waals surface area contributed by atoms with Gasteiger partial charge in [0, 0.05) is 12.2 Å². The van der Waals surface area contributed by atoms with Gasteiger partial charge in [-0.3, -0.25) is 4.79 Å². The molecule has 0 bridgehead atoms. The summed E-state index contributed by atoms with van der Waals surface area (Å²) in [6, 6.07) is 6.99. The molecule has 5 heteroatoms. The van der Waals surface area contributed by atoms with Crippen LogP contribution in [0.1, 0.15) is 12.5 Å². The van der Waals surface area contributed by atoms with E-state index in [1.165, 1.54) is 11.0 Å². The molecule has 0 aliphatic carbocycles. The van der Waals surface area contributed by atoms with Gasteiger partial charge < -0.3 is 15.3 Å². The molecule has 0 saturated heterocycles. The fourth-order valence-electron chi connectivity index (χ4n) is 1.68. The van der Waals surface area contributed by atoms with E-state index < -0.39 is 12.0 Å². The molecule has 0 aromatic heterocycles. The van der Waals surface area contributed by atoms with Crippen LogP contribution >= 0.6 is 0 Å². The summed E-state index contributed by atoms with van der Waals surface area (Å²) in [5.74, 6) is -1.05. The lowest BCUT2D eigenvalue weighted by atomic mass is 10.1. The predicted molar refractivity (Wildman–Crippen MR) is 74.2 cm³/mol. The zero-order valence-corrected chi connectivity index (χ0v) is 10.9. The highest BCUT2D eigenvalue weighted by Gasteiger charge is 2.16. The number of carboxylic acids is 1. The van der Waals surface area contributed by atoms with Gasteiger partial charge in [0.25, 0.3) is 0 Å². The molecule has 1 aromatic rings. The molecule has 0 aliphatic rings. The first-order valence-corrected chi connectivity index (χ1v) is 6.05. The molecule has 0 radical (unpaired) electrons. The van der Waals surface area contributed by atoms with Gasteiger partial charge in [-0.05, 0) is 18.1 Å². The molecule has 0 spiro atoms. The normalized spacial score (nSPS) is 9.74. The van der Waals surface area contributed by atoms with E-state index in [0.717, 1.165) is 12.0 Å². The molecule has 5 nitrogen and oxygen atoms in total. The van der Waals surface area contributed by atoms with Gasteiger partial charge in [-0.15, -0.1) is 6.58 Å². The number of hydrogen-bond acceptors (Lipinski definition) is 2. The predicted octanol–water partition coefficient (Wildman–Crippen LogP) is 2.35. The Morgan fingerprint density at radius 3 is 2.68 bits per heavy atom. The molecule has 102 valence electrons. The van der Waals surface area contributed by atoms with E-state index in [1.54, 1.807) is 6.07 Å². The van der Waals surface area contributed by atoms with Crippen molar-refractivity contribution in [2.75, 3.05) is 18.4 Å². The Balaban J connectivity index is 2.80. The van der Waals surface area contributed by atoms with E-state index in [4.69, 9.17) is 5.11 Å². The molecule has 19 heavy (non-hydrogen) atoms. The summed E-state index contributed by atoms with van der Waals surface area (Å²) in [4.78, 5) is 23.9. The van der Waals surface area contributed by atoms with E-state index in [1.807, 2.05) is 25.1 Å². The molecular weight excluding hydrogens is 244 g/mol. The highest BCUT2D eigenvalue weighted by Crippen LogP contribution is 2.15. The number of para-hydroxylation sites is 1. The Morgan fingerprint density at radius 1 is 1.42 bits per heavy atom. The molecule has 2 amide bonds. The number of carboxylic acid groups (broad SMARTS) is 1. The minimum absolute atomic E-state index is 0.187. The van der Waals surface area contributed by atoms with Crippen LogP contribution in [0.15, 0.2) is 36.9 Å². The van der Waals surface area contributed by atoms with Crippen molar-refractivity contribution in [3.8, 4) is 0 Å². The second-order valence-corrected chi connectivity index (χ2v) is 4.00. The van der Waals surface area contributed by atoms with Gasteiger partial charge in [0.1, 0.15) is 6.54 Å². The Morgan fingerprint density at radius 2 is 2.11 bits per heavy atom. The lowest BCUT2D eigenvalue weighted by molar-refractivity contribution is -0.137. The fourth-order valence-corrected chi connectivity index (χ4v) is 1.68. The number of carbonyl (C=O) groups is 2. The summed E-state index contributed by atoms with van der Waals surface area (Å²) < 4.78 is 0. The number of aliphatic carboxylic acids is 1. The number of hydrogen-bond donors (Lipinski definition) is 2. The Hall–Kier alpha value is -2.30. The van der Waals surface area contributed by atoms with E-state index in [-0.39, 0.29) is 13.1 Å². The number of amides is 2. The monoisotopic (exact) mass is 262 g/mol. The summed E-state index contributed by atoms with van der Waals surface area (Å²) in [6.45, 7) is 5.34. The van der Waals surface area contributed by atoms with E-state index in [2.05, 4.69) is 11.9 Å². The van der Waals surface area contributed by atoms with Crippen molar-refractivity contribution >= 4 is 17.7 Å². The number of anilines is 1. The molecule has 2 N–H and O–H groups in total. The van der Waals surface area contributed by atoms with Crippen LogP contribution in [0.25, 0.3) is 0 Å². The van der Waals surface area contributed by atoms with Gasteiger partial charge >= 0.3 is 12.0 Å². The third-order valence-electron chi connectivity index (χ3n) is 2.60. The van der Waals surface area contributed by atoms with E-state index in [9.17, 15) is 9.59 Å². The van der Waals surface area contributed by atoms with Crippen LogP contribution < -0.4 is 5.32 Å². The fraction of sp³-hybridized carbons (Fsp3) is 0.286. The van der Waals surface area contributed by atoms with Gasteiger partial charge in [0.05, 0.1) is 0 Å². The van der Waals surface area contributed by atoms with Crippen molar-refractivity contribution in [1.82, 2.24) is 4.90 Å². The minimum atomic E-state index is -1.05. The van der Waals surface area contributed by atoms with Crippen LogP contribution in [-0.2, 0) is 11.2 Å². The lowest BCUT2D eigenvalue weighted by Crippen LogP contribution is -2.39. The average molecular weight is 262 g/mol. The maximum atomic E-state index is 12.0. The third kappa shape index (κ3) is 4.46. The van der Waals surface area contributed by atoms with Crippen molar-refractivity contribution in [3.63, 3.8) is 0 Å². The molecule has 0 fully saturated rings. The number of nitrogens with zero attached hydrogens (tertiary/aromatic N) is 1. The largest absolute Gasteiger partial charge is 0.480 e. The number of aryl methyl sites for hydroxylation is 1. The summed E-state index contributed by atoms with van der Waals surface area (Å²) in [5.41, 5.74) is 1.71. The number of benzene rings is 1. The summed E-state index contributed by atoms with van der Waals surface area (Å²) in [5, 5.41) is 11.5. The van der Waals surface area contributed by atoms with E-state index >= 15 is 0 Å². The molecule has 0 aliphatic heterocycles. The second-order valence-electron chi connectivity index (χ2n) is 4.00. The molecular formula is C14H18N2O3. The molecule has 0 heterocycles. The first kappa shape index (κ1) is 14.8. The number of nitrogens with one attached hydrogen (secondary N) is 1. The van der Waals surface area contributed by atoms with Crippen LogP contribution in [0, 0.1) is 0 Å². The van der Waals surface area contributed by atoms with Crippen molar-refractivity contribution in [3.05, 3.63) is 42.5 Å². The number of urea groups is 1. The number of rotatable bonds is 6. The maximum Gasteiger partial charge on any atom is 0.323 e. The molecule has 0 atom stereocenters. The first-order chi connectivity index (χ1) is 9.08. The van der Waals surface area contributed by atoms with Crippen molar-refractivity contribution in [2.45, 2.75) is 13.3 Å².